The summed E-state index contributed by atoms with van der Waals surface area (Å²) in [7, 11) is 0. The maximum atomic E-state index is 11.8. The molecule has 0 N–H and O–H groups in total. The molecule has 2 aliphatic heterocycles. The third-order valence-corrected chi connectivity index (χ3v) is 7.16. The molecule has 1 aromatic heterocycles. The lowest BCUT2D eigenvalue weighted by atomic mass is 10.1. The van der Waals surface area contributed by atoms with Crippen LogP contribution in [0.5, 0.6) is 0 Å². The van der Waals surface area contributed by atoms with Crippen LogP contribution in [0, 0.1) is 11.3 Å². The highest BCUT2D eigenvalue weighted by Crippen LogP contribution is 2.44. The lowest BCUT2D eigenvalue weighted by Gasteiger charge is -2.39. The van der Waals surface area contributed by atoms with Gasteiger partial charge in [-0.15, -0.1) is 11.8 Å². The Kier molecular flexibility index (Phi) is 5.07. The number of hydrogen-bond acceptors (Lipinski definition) is 5. The van der Waals surface area contributed by atoms with Crippen LogP contribution in [0.15, 0.2) is 60.7 Å². The molecular formula is C24H22N4OS. The second kappa shape index (κ2) is 8.02. The number of piperazine rings is 1. The number of aromatic nitrogens is 1. The van der Waals surface area contributed by atoms with Crippen molar-refractivity contribution in [1.82, 2.24) is 9.47 Å². The van der Waals surface area contributed by atoms with Gasteiger partial charge in [0, 0.05) is 48.9 Å². The van der Waals surface area contributed by atoms with E-state index in [0.29, 0.717) is 5.56 Å². The summed E-state index contributed by atoms with van der Waals surface area (Å²) < 4.78 is 2.36. The summed E-state index contributed by atoms with van der Waals surface area (Å²) in [6.07, 6.45) is 0.982. The molecule has 0 aliphatic carbocycles. The van der Waals surface area contributed by atoms with Crippen molar-refractivity contribution in [3.8, 4) is 17.3 Å². The highest BCUT2D eigenvalue weighted by Gasteiger charge is 2.34. The number of carbonyl (C=O) groups excluding carboxylic acids is 1. The van der Waals surface area contributed by atoms with Crippen molar-refractivity contribution in [2.75, 3.05) is 31.1 Å². The third kappa shape index (κ3) is 3.30. The van der Waals surface area contributed by atoms with E-state index in [2.05, 4.69) is 38.6 Å². The number of benzene rings is 2. The van der Waals surface area contributed by atoms with Gasteiger partial charge in [-0.3, -0.25) is 9.69 Å². The van der Waals surface area contributed by atoms with Gasteiger partial charge in [0.25, 0.3) is 0 Å². The van der Waals surface area contributed by atoms with Gasteiger partial charge in [-0.2, -0.15) is 5.26 Å². The van der Waals surface area contributed by atoms with Crippen LogP contribution >= 0.6 is 11.8 Å². The first kappa shape index (κ1) is 19.0. The first-order valence-corrected chi connectivity index (χ1v) is 11.2. The Hall–Kier alpha value is -3.01. The Morgan fingerprint density at radius 2 is 1.80 bits per heavy atom. The first-order valence-electron chi connectivity index (χ1n) is 10.1. The van der Waals surface area contributed by atoms with E-state index in [1.807, 2.05) is 54.2 Å². The van der Waals surface area contributed by atoms with Crippen LogP contribution in [-0.2, 0) is 5.75 Å². The third-order valence-electron chi connectivity index (χ3n) is 5.89. The number of aldehydes is 1. The van der Waals surface area contributed by atoms with Crippen LogP contribution in [0.3, 0.4) is 0 Å². The fourth-order valence-corrected chi connectivity index (χ4v) is 5.79. The molecule has 0 saturated carbocycles. The molecule has 3 aromatic rings. The molecule has 1 saturated heterocycles. The minimum atomic E-state index is 0.205. The van der Waals surface area contributed by atoms with E-state index in [-0.39, 0.29) is 5.50 Å². The summed E-state index contributed by atoms with van der Waals surface area (Å²) in [6, 6.07) is 22.3. The smallest absolute Gasteiger partial charge is 0.152 e. The van der Waals surface area contributed by atoms with Gasteiger partial charge in [0.1, 0.15) is 5.50 Å². The minimum absolute atomic E-state index is 0.205. The second-order valence-electron chi connectivity index (χ2n) is 7.62. The molecule has 150 valence electrons. The molecule has 1 atom stereocenters. The van der Waals surface area contributed by atoms with Gasteiger partial charge in [0.2, 0.25) is 0 Å². The van der Waals surface area contributed by atoms with Crippen LogP contribution < -0.4 is 4.90 Å². The number of nitrogens with zero attached hydrogens (tertiary/aromatic N) is 4. The van der Waals surface area contributed by atoms with Crippen molar-refractivity contribution in [2.24, 2.45) is 0 Å². The van der Waals surface area contributed by atoms with Crippen molar-refractivity contribution >= 4 is 23.7 Å². The molecule has 0 spiro atoms. The molecular weight excluding hydrogens is 392 g/mol. The quantitative estimate of drug-likeness (QED) is 0.594. The van der Waals surface area contributed by atoms with Crippen molar-refractivity contribution < 1.29 is 4.79 Å². The lowest BCUT2D eigenvalue weighted by molar-refractivity contribution is 0.112. The number of carbonyl (C=O) groups is 1. The van der Waals surface area contributed by atoms with Crippen LogP contribution in [-0.4, -0.2) is 41.9 Å². The van der Waals surface area contributed by atoms with Gasteiger partial charge in [-0.25, -0.2) is 0 Å². The summed E-state index contributed by atoms with van der Waals surface area (Å²) in [4.78, 5) is 16.6. The zero-order chi connectivity index (χ0) is 20.5. The topological polar surface area (TPSA) is 52.3 Å². The van der Waals surface area contributed by atoms with E-state index in [1.165, 1.54) is 5.69 Å². The largest absolute Gasteiger partial charge is 0.369 e. The van der Waals surface area contributed by atoms with E-state index in [4.69, 9.17) is 0 Å². The fourth-order valence-electron chi connectivity index (χ4n) is 4.43. The second-order valence-corrected chi connectivity index (χ2v) is 8.66. The zero-order valence-electron chi connectivity index (χ0n) is 16.6. The van der Waals surface area contributed by atoms with Crippen LogP contribution in [0.25, 0.3) is 11.3 Å². The van der Waals surface area contributed by atoms with Crippen LogP contribution in [0.4, 0.5) is 5.69 Å². The number of hydrogen-bond donors (Lipinski definition) is 0. The molecule has 0 amide bonds. The predicted molar refractivity (Wildman–Crippen MR) is 121 cm³/mol. The lowest BCUT2D eigenvalue weighted by Crippen LogP contribution is -2.47. The van der Waals surface area contributed by atoms with Gasteiger partial charge in [-0.05, 0) is 29.8 Å². The highest BCUT2D eigenvalue weighted by molar-refractivity contribution is 7.98. The van der Waals surface area contributed by atoms with E-state index >= 15 is 0 Å². The Bertz CT molecular complexity index is 1110. The maximum Gasteiger partial charge on any atom is 0.152 e. The van der Waals surface area contributed by atoms with Crippen molar-refractivity contribution in [1.29, 1.82) is 5.26 Å². The number of rotatable bonds is 4. The standard InChI is InChI=1S/C24H22N4OS/c25-15-18-5-4-8-21(13-18)26-9-11-27(12-10-26)24-28-22(17-30-24)14-20(16-29)23(28)19-6-2-1-3-7-19/h1-8,13-14,16,24H,9-12,17H2. The molecule has 0 bridgehead atoms. The molecule has 6 heteroatoms. The average molecular weight is 415 g/mol. The van der Waals surface area contributed by atoms with Gasteiger partial charge in [0.05, 0.1) is 17.3 Å². The summed E-state index contributed by atoms with van der Waals surface area (Å²) in [5.74, 6) is 0.919. The van der Waals surface area contributed by atoms with Crippen molar-refractivity contribution in [3.63, 3.8) is 0 Å². The van der Waals surface area contributed by atoms with E-state index < -0.39 is 0 Å². The first-order chi connectivity index (χ1) is 14.8. The molecule has 1 fully saturated rings. The van der Waals surface area contributed by atoms with Crippen molar-refractivity contribution in [2.45, 2.75) is 11.3 Å². The Morgan fingerprint density at radius 3 is 2.53 bits per heavy atom. The average Bonchev–Trinajstić information content (AvgIpc) is 3.39. The summed E-state index contributed by atoms with van der Waals surface area (Å²) in [5.41, 5.74) is 6.12. The van der Waals surface area contributed by atoms with Gasteiger partial charge in [-0.1, -0.05) is 36.4 Å². The monoisotopic (exact) mass is 414 g/mol. The molecule has 3 heterocycles. The number of anilines is 1. The summed E-state index contributed by atoms with van der Waals surface area (Å²) in [6.45, 7) is 3.72. The van der Waals surface area contributed by atoms with Gasteiger partial charge < -0.3 is 9.47 Å². The molecule has 0 radical (unpaired) electrons. The SMILES string of the molecule is N#Cc1cccc(N2CCN(C3SCc4cc(C=O)c(-c5ccccc5)n43)CC2)c1. The summed E-state index contributed by atoms with van der Waals surface area (Å²) >= 11 is 1.93. The van der Waals surface area contributed by atoms with E-state index in [1.54, 1.807) is 0 Å². The van der Waals surface area contributed by atoms with Crippen LogP contribution in [0.1, 0.15) is 27.1 Å². The number of thioether (sulfide) groups is 1. The highest BCUT2D eigenvalue weighted by atomic mass is 32.2. The molecule has 30 heavy (non-hydrogen) atoms. The molecule has 2 aromatic carbocycles. The Morgan fingerprint density at radius 1 is 1.00 bits per heavy atom. The van der Waals surface area contributed by atoms with Crippen LogP contribution in [0.2, 0.25) is 0 Å². The Labute approximate surface area is 180 Å². The molecule has 2 aliphatic rings. The fraction of sp³-hybridized carbons (Fsp3) is 0.250. The van der Waals surface area contributed by atoms with Gasteiger partial charge >= 0.3 is 0 Å². The van der Waals surface area contributed by atoms with Gasteiger partial charge in [0.15, 0.2) is 6.29 Å². The van der Waals surface area contributed by atoms with Crippen molar-refractivity contribution in [3.05, 3.63) is 77.5 Å². The van der Waals surface area contributed by atoms with E-state index in [9.17, 15) is 10.1 Å². The summed E-state index contributed by atoms with van der Waals surface area (Å²) in [5, 5.41) is 9.17. The normalized spacial score (nSPS) is 18.8. The minimum Gasteiger partial charge on any atom is -0.369 e. The van der Waals surface area contributed by atoms with E-state index in [0.717, 1.165) is 60.7 Å². The number of fused-ring (bicyclic) bond motifs is 1. The zero-order valence-corrected chi connectivity index (χ0v) is 17.4. The molecule has 5 rings (SSSR count). The Balaban J connectivity index is 1.39. The maximum absolute atomic E-state index is 11.8. The predicted octanol–water partition coefficient (Wildman–Crippen LogP) is 4.36. The molecule has 5 nitrogen and oxygen atoms in total. The molecule has 1 unspecified atom stereocenters. The number of nitriles is 1.